The average Bonchev–Trinajstić information content (AvgIpc) is 3.51. The summed E-state index contributed by atoms with van der Waals surface area (Å²) < 4.78 is 0. The van der Waals surface area contributed by atoms with Gasteiger partial charge in [0.2, 0.25) is 0 Å². The molecule has 0 aromatic heterocycles. The van der Waals surface area contributed by atoms with E-state index in [1.807, 2.05) is 0 Å². The molecule has 33 heavy (non-hydrogen) atoms. The number of carboxylic acid groups (broad SMARTS) is 2. The van der Waals surface area contributed by atoms with Crippen molar-refractivity contribution in [1.82, 2.24) is 5.32 Å². The lowest BCUT2D eigenvalue weighted by Gasteiger charge is -2.30. The quantitative estimate of drug-likeness (QED) is 0.407. The third kappa shape index (κ3) is 8.19. The van der Waals surface area contributed by atoms with Crippen molar-refractivity contribution in [3.8, 4) is 0 Å². The number of hydrogen-bond donors (Lipinski definition) is 3. The van der Waals surface area contributed by atoms with Gasteiger partial charge in [0.25, 0.3) is 0 Å². The Morgan fingerprint density at radius 1 is 0.879 bits per heavy atom. The number of hydrogen-bond acceptors (Lipinski definition) is 4. The van der Waals surface area contributed by atoms with Gasteiger partial charge in [-0.25, -0.2) is 9.59 Å². The molecule has 3 N–H and O–H groups in total. The second-order valence-electron chi connectivity index (χ2n) is 9.15. The van der Waals surface area contributed by atoms with Crippen molar-refractivity contribution in [2.45, 2.75) is 70.3 Å². The van der Waals surface area contributed by atoms with Crippen LogP contribution in [0.15, 0.2) is 59.2 Å². The fourth-order valence-electron chi connectivity index (χ4n) is 5.27. The van der Waals surface area contributed by atoms with Crippen LogP contribution < -0.4 is 5.32 Å². The number of aliphatic carboxylic acids is 2. The highest BCUT2D eigenvalue weighted by atomic mass is 16.4. The van der Waals surface area contributed by atoms with Gasteiger partial charge in [0.05, 0.1) is 11.8 Å². The van der Waals surface area contributed by atoms with E-state index in [2.05, 4.69) is 41.7 Å². The maximum Gasteiger partial charge on any atom is 0.328 e. The van der Waals surface area contributed by atoms with Gasteiger partial charge in [-0.15, -0.1) is 0 Å². The Hall–Kier alpha value is -2.89. The molecule has 0 amide bonds. The van der Waals surface area contributed by atoms with E-state index in [1.54, 1.807) is 0 Å². The Kier molecular flexibility index (Phi) is 9.73. The van der Waals surface area contributed by atoms with Crippen LogP contribution in [0.4, 0.5) is 0 Å². The Morgan fingerprint density at radius 3 is 2.18 bits per heavy atom. The molecule has 6 nitrogen and oxygen atoms in total. The molecule has 4 rings (SSSR count). The summed E-state index contributed by atoms with van der Waals surface area (Å²) in [6.45, 7) is 1.11. The van der Waals surface area contributed by atoms with Crippen LogP contribution in [0.2, 0.25) is 0 Å². The number of nitrogens with one attached hydrogen (secondary N) is 1. The molecule has 3 aliphatic rings. The minimum absolute atomic E-state index is 0.538. The SMILES string of the molecule is C(=C1CCCN1)C(=NC1CCCC1C1CCCCC1)c1ccccc1.O=C(O)/C=C/C(=O)O. The fourth-order valence-corrected chi connectivity index (χ4v) is 5.27. The molecule has 2 saturated carbocycles. The molecule has 3 fully saturated rings. The molecule has 2 atom stereocenters. The highest BCUT2D eigenvalue weighted by Gasteiger charge is 2.34. The highest BCUT2D eigenvalue weighted by molar-refractivity contribution is 6.09. The summed E-state index contributed by atoms with van der Waals surface area (Å²) in [7, 11) is 0. The lowest BCUT2D eigenvalue weighted by molar-refractivity contribution is -0.134. The maximum atomic E-state index is 9.55. The molecule has 1 saturated heterocycles. The first-order valence-electron chi connectivity index (χ1n) is 12.2. The highest BCUT2D eigenvalue weighted by Crippen LogP contribution is 2.41. The number of carboxylic acids is 2. The number of rotatable bonds is 6. The lowest BCUT2D eigenvalue weighted by Crippen LogP contribution is -2.25. The predicted octanol–water partition coefficient (Wildman–Crippen LogP) is 5.20. The van der Waals surface area contributed by atoms with Gasteiger partial charge in [0.1, 0.15) is 0 Å². The van der Waals surface area contributed by atoms with Crippen molar-refractivity contribution in [2.24, 2.45) is 16.8 Å². The van der Waals surface area contributed by atoms with Crippen molar-refractivity contribution in [2.75, 3.05) is 6.54 Å². The van der Waals surface area contributed by atoms with Crippen LogP contribution in [0, 0.1) is 11.8 Å². The summed E-state index contributed by atoms with van der Waals surface area (Å²) in [4.78, 5) is 24.5. The summed E-state index contributed by atoms with van der Waals surface area (Å²) in [6.07, 6.45) is 17.1. The smallest absolute Gasteiger partial charge is 0.328 e. The van der Waals surface area contributed by atoms with Crippen molar-refractivity contribution >= 4 is 17.7 Å². The topological polar surface area (TPSA) is 99.0 Å². The third-order valence-electron chi connectivity index (χ3n) is 6.82. The molecule has 2 aliphatic carbocycles. The molecule has 1 aromatic rings. The van der Waals surface area contributed by atoms with Crippen molar-refractivity contribution < 1.29 is 19.8 Å². The molecule has 1 aliphatic heterocycles. The number of nitrogens with zero attached hydrogens (tertiary/aromatic N) is 1. The van der Waals surface area contributed by atoms with Gasteiger partial charge in [-0.2, -0.15) is 0 Å². The number of aliphatic imine (C=N–C) groups is 1. The molecule has 6 heteroatoms. The van der Waals surface area contributed by atoms with Crippen LogP contribution >= 0.6 is 0 Å². The zero-order valence-corrected chi connectivity index (χ0v) is 19.3. The van der Waals surface area contributed by atoms with Gasteiger partial charge in [0.15, 0.2) is 0 Å². The summed E-state index contributed by atoms with van der Waals surface area (Å²) in [5.41, 5.74) is 3.85. The predicted molar refractivity (Wildman–Crippen MR) is 130 cm³/mol. The van der Waals surface area contributed by atoms with Gasteiger partial charge in [0, 0.05) is 24.4 Å². The van der Waals surface area contributed by atoms with E-state index in [1.165, 1.54) is 81.2 Å². The summed E-state index contributed by atoms with van der Waals surface area (Å²) >= 11 is 0. The zero-order valence-electron chi connectivity index (χ0n) is 19.3. The van der Waals surface area contributed by atoms with Crippen LogP contribution in [-0.2, 0) is 9.59 Å². The van der Waals surface area contributed by atoms with Crippen LogP contribution in [0.25, 0.3) is 0 Å². The Balaban J connectivity index is 0.000000331. The van der Waals surface area contributed by atoms with Gasteiger partial charge in [-0.1, -0.05) is 68.9 Å². The van der Waals surface area contributed by atoms with Crippen molar-refractivity contribution in [1.29, 1.82) is 0 Å². The van der Waals surface area contributed by atoms with Crippen LogP contribution in [0.3, 0.4) is 0 Å². The first-order valence-corrected chi connectivity index (χ1v) is 12.2. The Morgan fingerprint density at radius 2 is 1.58 bits per heavy atom. The fraction of sp³-hybridized carbons (Fsp3) is 0.519. The van der Waals surface area contributed by atoms with E-state index < -0.39 is 11.9 Å². The van der Waals surface area contributed by atoms with E-state index in [0.29, 0.717) is 18.2 Å². The van der Waals surface area contributed by atoms with Gasteiger partial charge in [-0.3, -0.25) is 4.99 Å². The molecule has 0 radical (unpaired) electrons. The second kappa shape index (κ2) is 13.0. The molecule has 178 valence electrons. The minimum Gasteiger partial charge on any atom is -0.478 e. The van der Waals surface area contributed by atoms with Crippen molar-refractivity contribution in [3.63, 3.8) is 0 Å². The molecule has 2 unspecified atom stereocenters. The van der Waals surface area contributed by atoms with E-state index >= 15 is 0 Å². The summed E-state index contributed by atoms with van der Waals surface area (Å²) in [5, 5.41) is 19.2. The number of allylic oxidation sites excluding steroid dienone is 2. The normalized spacial score (nSPS) is 25.0. The second-order valence-corrected chi connectivity index (χ2v) is 9.15. The summed E-state index contributed by atoms with van der Waals surface area (Å²) in [6, 6.07) is 11.3. The molecular weight excluding hydrogens is 416 g/mol. The van der Waals surface area contributed by atoms with E-state index in [0.717, 1.165) is 18.4 Å². The van der Waals surface area contributed by atoms with Crippen LogP contribution in [-0.4, -0.2) is 40.4 Å². The van der Waals surface area contributed by atoms with Gasteiger partial charge < -0.3 is 15.5 Å². The third-order valence-corrected chi connectivity index (χ3v) is 6.82. The average molecular weight is 453 g/mol. The van der Waals surface area contributed by atoms with E-state index in [4.69, 9.17) is 15.2 Å². The molecular formula is C27H36N2O4. The number of carbonyl (C=O) groups is 2. The first kappa shape index (κ1) is 24.7. The Labute approximate surface area is 196 Å². The van der Waals surface area contributed by atoms with Crippen molar-refractivity contribution in [3.05, 3.63) is 59.8 Å². The largest absolute Gasteiger partial charge is 0.478 e. The Bertz CT molecular complexity index is 845. The van der Waals surface area contributed by atoms with E-state index in [9.17, 15) is 9.59 Å². The number of benzene rings is 1. The molecule has 1 aromatic carbocycles. The maximum absolute atomic E-state index is 9.55. The summed E-state index contributed by atoms with van der Waals surface area (Å²) in [5.74, 6) is -0.756. The zero-order chi connectivity index (χ0) is 23.5. The molecule has 0 bridgehead atoms. The van der Waals surface area contributed by atoms with Gasteiger partial charge >= 0.3 is 11.9 Å². The van der Waals surface area contributed by atoms with Crippen LogP contribution in [0.1, 0.15) is 69.8 Å². The van der Waals surface area contributed by atoms with E-state index in [-0.39, 0.29) is 0 Å². The van der Waals surface area contributed by atoms with Crippen LogP contribution in [0.5, 0.6) is 0 Å². The minimum atomic E-state index is -1.26. The standard InChI is InChI=1S/C23H32N2.C4H4O4/c1-3-9-18(10-4-1)21-14-7-15-22(21)25-23(17-20-13-8-16-24-20)19-11-5-2-6-12-19;5-3(6)1-2-4(7)8/h2,5-6,11-12,17-18,21-22,24H,1,3-4,7-10,13-16H2;1-2H,(H,5,6)(H,7,8)/b;2-1+. The monoisotopic (exact) mass is 452 g/mol. The van der Waals surface area contributed by atoms with Gasteiger partial charge in [-0.05, 0) is 49.2 Å². The molecule has 0 spiro atoms. The lowest BCUT2D eigenvalue weighted by atomic mass is 9.78. The molecule has 1 heterocycles. The first-order chi connectivity index (χ1) is 16.0.